The third-order valence-corrected chi connectivity index (χ3v) is 4.52. The summed E-state index contributed by atoms with van der Waals surface area (Å²) in [5, 5.41) is 5.74. The second-order valence-electron chi connectivity index (χ2n) is 8.57. The van der Waals surface area contributed by atoms with E-state index in [1.165, 1.54) is 5.56 Å². The molecule has 0 saturated heterocycles. The minimum absolute atomic E-state index is 0.0144. The van der Waals surface area contributed by atoms with Gasteiger partial charge in [0, 0.05) is 18.2 Å². The Labute approximate surface area is 173 Å². The van der Waals surface area contributed by atoms with Crippen LogP contribution in [0.1, 0.15) is 51.7 Å². The van der Waals surface area contributed by atoms with E-state index in [0.29, 0.717) is 24.6 Å². The van der Waals surface area contributed by atoms with Gasteiger partial charge in [-0.3, -0.25) is 10.1 Å². The maximum absolute atomic E-state index is 12.4. The van der Waals surface area contributed by atoms with Gasteiger partial charge < -0.3 is 10.1 Å². The maximum atomic E-state index is 12.4. The lowest BCUT2D eigenvalue weighted by Gasteiger charge is -2.22. The molecular formula is C24H32N2O3. The van der Waals surface area contributed by atoms with Crippen molar-refractivity contribution >= 4 is 17.7 Å². The van der Waals surface area contributed by atoms with Gasteiger partial charge in [-0.15, -0.1) is 0 Å². The Kier molecular flexibility index (Phi) is 7.82. The SMILES string of the molecule is CC(C)C(CNC(=O)Cc1ccc(NC(=O)OC(C)(C)C)cc1)c1ccccc1. The van der Waals surface area contributed by atoms with Crippen LogP contribution in [0.5, 0.6) is 0 Å². The molecule has 2 aromatic rings. The first-order valence-corrected chi connectivity index (χ1v) is 10.0. The Morgan fingerprint density at radius 1 is 0.966 bits per heavy atom. The monoisotopic (exact) mass is 396 g/mol. The normalized spacial score (nSPS) is 12.3. The van der Waals surface area contributed by atoms with Crippen LogP contribution in [0.25, 0.3) is 0 Å². The number of amides is 2. The predicted molar refractivity (Wildman–Crippen MR) is 117 cm³/mol. The van der Waals surface area contributed by atoms with Crippen molar-refractivity contribution in [1.82, 2.24) is 5.32 Å². The van der Waals surface area contributed by atoms with E-state index in [4.69, 9.17) is 4.74 Å². The van der Waals surface area contributed by atoms with Gasteiger partial charge in [0.1, 0.15) is 5.60 Å². The molecule has 2 rings (SSSR count). The summed E-state index contributed by atoms with van der Waals surface area (Å²) >= 11 is 0. The Morgan fingerprint density at radius 3 is 2.14 bits per heavy atom. The highest BCUT2D eigenvalue weighted by Gasteiger charge is 2.17. The number of rotatable bonds is 7. The average Bonchev–Trinajstić information content (AvgIpc) is 2.62. The molecule has 29 heavy (non-hydrogen) atoms. The van der Waals surface area contributed by atoms with Crippen LogP contribution < -0.4 is 10.6 Å². The zero-order chi connectivity index (χ0) is 21.4. The standard InChI is InChI=1S/C24H32N2O3/c1-17(2)21(19-9-7-6-8-10-19)16-25-22(27)15-18-11-13-20(14-12-18)26-23(28)29-24(3,4)5/h6-14,17,21H,15-16H2,1-5H3,(H,25,27)(H,26,28). The molecule has 0 radical (unpaired) electrons. The third-order valence-electron chi connectivity index (χ3n) is 4.52. The van der Waals surface area contributed by atoms with Crippen LogP contribution in [0.15, 0.2) is 54.6 Å². The lowest BCUT2D eigenvalue weighted by Crippen LogP contribution is -2.31. The van der Waals surface area contributed by atoms with Gasteiger partial charge in [-0.25, -0.2) is 4.79 Å². The smallest absolute Gasteiger partial charge is 0.412 e. The Morgan fingerprint density at radius 2 is 1.59 bits per heavy atom. The number of ether oxygens (including phenoxy) is 1. The van der Waals surface area contributed by atoms with Crippen molar-refractivity contribution in [2.75, 3.05) is 11.9 Å². The molecular weight excluding hydrogens is 364 g/mol. The molecule has 0 bridgehead atoms. The lowest BCUT2D eigenvalue weighted by molar-refractivity contribution is -0.120. The average molecular weight is 397 g/mol. The topological polar surface area (TPSA) is 67.4 Å². The number of carbonyl (C=O) groups excluding carboxylic acids is 2. The maximum Gasteiger partial charge on any atom is 0.412 e. The van der Waals surface area contributed by atoms with Gasteiger partial charge in [0.05, 0.1) is 6.42 Å². The minimum Gasteiger partial charge on any atom is -0.444 e. The van der Waals surface area contributed by atoms with Crippen molar-refractivity contribution in [1.29, 1.82) is 0 Å². The lowest BCUT2D eigenvalue weighted by atomic mass is 9.88. The number of nitrogens with one attached hydrogen (secondary N) is 2. The highest BCUT2D eigenvalue weighted by atomic mass is 16.6. The van der Waals surface area contributed by atoms with E-state index in [2.05, 4.69) is 36.6 Å². The summed E-state index contributed by atoms with van der Waals surface area (Å²) in [6, 6.07) is 17.5. The summed E-state index contributed by atoms with van der Waals surface area (Å²) in [5.41, 5.74) is 2.21. The fourth-order valence-corrected chi connectivity index (χ4v) is 3.04. The molecule has 0 fully saturated rings. The van der Waals surface area contributed by atoms with E-state index in [-0.39, 0.29) is 11.8 Å². The molecule has 0 aliphatic carbocycles. The van der Waals surface area contributed by atoms with Gasteiger partial charge in [0.15, 0.2) is 0 Å². The first kappa shape index (κ1) is 22.5. The highest BCUT2D eigenvalue weighted by molar-refractivity contribution is 5.85. The Balaban J connectivity index is 1.86. The molecule has 2 amide bonds. The molecule has 0 aliphatic heterocycles. The van der Waals surface area contributed by atoms with Gasteiger partial charge in [0.25, 0.3) is 0 Å². The van der Waals surface area contributed by atoms with Crippen molar-refractivity contribution in [3.63, 3.8) is 0 Å². The molecule has 1 atom stereocenters. The Bertz CT molecular complexity index is 793. The summed E-state index contributed by atoms with van der Waals surface area (Å²) in [5.74, 6) is 0.691. The predicted octanol–water partition coefficient (Wildman–Crippen LogP) is 5.13. The quantitative estimate of drug-likeness (QED) is 0.681. The van der Waals surface area contributed by atoms with Crippen LogP contribution >= 0.6 is 0 Å². The summed E-state index contributed by atoms with van der Waals surface area (Å²) < 4.78 is 5.23. The fraction of sp³-hybridized carbons (Fsp3) is 0.417. The molecule has 0 aliphatic rings. The summed E-state index contributed by atoms with van der Waals surface area (Å²) in [6.07, 6.45) is -0.199. The molecule has 5 nitrogen and oxygen atoms in total. The zero-order valence-electron chi connectivity index (χ0n) is 18.0. The van der Waals surface area contributed by atoms with Gasteiger partial charge >= 0.3 is 6.09 Å². The van der Waals surface area contributed by atoms with E-state index in [1.807, 2.05) is 51.1 Å². The fourth-order valence-electron chi connectivity index (χ4n) is 3.04. The summed E-state index contributed by atoms with van der Waals surface area (Å²) in [7, 11) is 0. The third kappa shape index (κ3) is 7.98. The van der Waals surface area contributed by atoms with Crippen molar-refractivity contribution in [2.45, 2.75) is 52.6 Å². The van der Waals surface area contributed by atoms with Crippen LogP contribution in [0.3, 0.4) is 0 Å². The molecule has 0 aromatic heterocycles. The van der Waals surface area contributed by atoms with Crippen molar-refractivity contribution in [3.8, 4) is 0 Å². The highest BCUT2D eigenvalue weighted by Crippen LogP contribution is 2.23. The molecule has 0 heterocycles. The van der Waals surface area contributed by atoms with Gasteiger partial charge in [0.2, 0.25) is 5.91 Å². The van der Waals surface area contributed by atoms with Crippen LogP contribution in [-0.4, -0.2) is 24.1 Å². The first-order valence-electron chi connectivity index (χ1n) is 10.0. The number of anilines is 1. The van der Waals surface area contributed by atoms with Crippen LogP contribution in [-0.2, 0) is 16.0 Å². The van der Waals surface area contributed by atoms with E-state index < -0.39 is 11.7 Å². The van der Waals surface area contributed by atoms with E-state index >= 15 is 0 Å². The molecule has 156 valence electrons. The molecule has 2 N–H and O–H groups in total. The largest absolute Gasteiger partial charge is 0.444 e. The van der Waals surface area contributed by atoms with Gasteiger partial charge in [-0.05, 0) is 49.9 Å². The second kappa shape index (κ2) is 10.1. The van der Waals surface area contributed by atoms with E-state index in [9.17, 15) is 9.59 Å². The van der Waals surface area contributed by atoms with Crippen molar-refractivity contribution in [2.24, 2.45) is 5.92 Å². The van der Waals surface area contributed by atoms with Gasteiger partial charge in [-0.1, -0.05) is 56.3 Å². The van der Waals surface area contributed by atoms with Crippen LogP contribution in [0.4, 0.5) is 10.5 Å². The minimum atomic E-state index is -0.546. The number of hydrogen-bond donors (Lipinski definition) is 2. The molecule has 5 heteroatoms. The van der Waals surface area contributed by atoms with Gasteiger partial charge in [-0.2, -0.15) is 0 Å². The summed E-state index contributed by atoms with van der Waals surface area (Å²) in [6.45, 7) is 10.4. The summed E-state index contributed by atoms with van der Waals surface area (Å²) in [4.78, 5) is 24.2. The van der Waals surface area contributed by atoms with Crippen LogP contribution in [0.2, 0.25) is 0 Å². The van der Waals surface area contributed by atoms with Crippen LogP contribution in [0, 0.1) is 5.92 Å². The molecule has 1 unspecified atom stereocenters. The number of carbonyl (C=O) groups is 2. The zero-order valence-corrected chi connectivity index (χ0v) is 18.0. The van der Waals surface area contributed by atoms with Crippen molar-refractivity contribution < 1.29 is 14.3 Å². The first-order chi connectivity index (χ1) is 13.6. The van der Waals surface area contributed by atoms with Crippen molar-refractivity contribution in [3.05, 3.63) is 65.7 Å². The Hall–Kier alpha value is -2.82. The second-order valence-corrected chi connectivity index (χ2v) is 8.57. The number of hydrogen-bond acceptors (Lipinski definition) is 3. The molecule has 0 saturated carbocycles. The van der Waals surface area contributed by atoms with E-state index in [0.717, 1.165) is 5.56 Å². The number of benzene rings is 2. The molecule has 2 aromatic carbocycles. The molecule has 0 spiro atoms. The van der Waals surface area contributed by atoms with E-state index in [1.54, 1.807) is 12.1 Å².